The first-order chi connectivity index (χ1) is 11.6. The van der Waals surface area contributed by atoms with E-state index in [0.717, 1.165) is 0 Å². The van der Waals surface area contributed by atoms with Crippen molar-refractivity contribution in [2.45, 2.75) is 18.2 Å². The van der Waals surface area contributed by atoms with E-state index in [0.29, 0.717) is 24.3 Å². The number of hydrogen-bond acceptors (Lipinski definition) is 3. The van der Waals surface area contributed by atoms with E-state index in [4.69, 9.17) is 0 Å². The smallest absolute Gasteiger partial charge is 0.416 e. The number of hydrogen-bond donors (Lipinski definition) is 0. The molecule has 0 saturated heterocycles. The zero-order chi connectivity index (χ0) is 18.4. The van der Waals surface area contributed by atoms with Crippen molar-refractivity contribution in [3.05, 3.63) is 70.8 Å². The lowest BCUT2D eigenvalue weighted by Gasteiger charge is -2.21. The van der Waals surface area contributed by atoms with Crippen molar-refractivity contribution in [1.29, 1.82) is 0 Å². The van der Waals surface area contributed by atoms with Gasteiger partial charge >= 0.3 is 18.1 Å². The van der Waals surface area contributed by atoms with Gasteiger partial charge in [-0.15, -0.1) is 0 Å². The largest absolute Gasteiger partial charge is 0.447 e. The van der Waals surface area contributed by atoms with Crippen LogP contribution in [-0.4, -0.2) is 17.7 Å². The molecule has 8 heteroatoms. The molecule has 3 nitrogen and oxygen atoms in total. The Bertz CT molecular complexity index is 840. The zero-order valence-corrected chi connectivity index (χ0v) is 12.3. The Morgan fingerprint density at radius 3 is 2.12 bits per heavy atom. The molecule has 0 N–H and O–H groups in total. The predicted molar refractivity (Wildman–Crippen MR) is 75.3 cm³/mol. The summed E-state index contributed by atoms with van der Waals surface area (Å²) in [6.07, 6.45) is -6.77. The third-order valence-corrected chi connectivity index (χ3v) is 3.79. The summed E-state index contributed by atoms with van der Waals surface area (Å²) in [5.41, 5.74) is -1.89. The van der Waals surface area contributed by atoms with Gasteiger partial charge in [-0.2, -0.15) is 22.0 Å². The number of benzene rings is 2. The molecule has 2 aromatic rings. The normalized spacial score (nSPS) is 17.2. The monoisotopic (exact) mass is 356 g/mol. The molecular formula is C17H9F5O3. The van der Waals surface area contributed by atoms with Gasteiger partial charge < -0.3 is 4.74 Å². The fourth-order valence-corrected chi connectivity index (χ4v) is 2.54. The molecule has 0 saturated carbocycles. The van der Waals surface area contributed by atoms with Crippen molar-refractivity contribution < 1.29 is 36.3 Å². The molecule has 1 atom stereocenters. The van der Waals surface area contributed by atoms with Gasteiger partial charge in [0.1, 0.15) is 0 Å². The van der Waals surface area contributed by atoms with E-state index in [1.54, 1.807) is 0 Å². The Balaban J connectivity index is 1.93. The molecule has 0 fully saturated rings. The summed E-state index contributed by atoms with van der Waals surface area (Å²) in [5.74, 6) is -6.83. The number of cyclic esters (lactones) is 1. The second-order valence-electron chi connectivity index (χ2n) is 5.40. The highest BCUT2D eigenvalue weighted by Gasteiger charge is 2.54. The van der Waals surface area contributed by atoms with Gasteiger partial charge in [0, 0.05) is 11.1 Å². The Labute approximate surface area is 138 Å². The zero-order valence-electron chi connectivity index (χ0n) is 12.3. The highest BCUT2D eigenvalue weighted by molar-refractivity contribution is 6.03. The molecule has 0 radical (unpaired) electrons. The van der Waals surface area contributed by atoms with Crippen LogP contribution in [0.2, 0.25) is 0 Å². The number of Topliss-reactive ketones (excluding diaryl/α,β-unsaturated/α-hetero) is 1. The molecule has 0 aromatic heterocycles. The lowest BCUT2D eigenvalue weighted by Crippen LogP contribution is -2.36. The van der Waals surface area contributed by atoms with Crippen LogP contribution in [0.15, 0.2) is 48.5 Å². The number of carbonyl (C=O) groups is 2. The second-order valence-corrected chi connectivity index (χ2v) is 5.40. The maximum atomic E-state index is 14.5. The first-order valence-corrected chi connectivity index (χ1v) is 7.02. The molecule has 1 aliphatic heterocycles. The van der Waals surface area contributed by atoms with Gasteiger partial charge in [-0.25, -0.2) is 4.79 Å². The van der Waals surface area contributed by atoms with E-state index in [1.807, 2.05) is 0 Å². The Hall–Kier alpha value is -2.77. The SMILES string of the molecule is O=C1O[C@@H](C(F)(F)C(=O)c2ccc(C(F)(F)F)cc2)c2ccccc21. The summed E-state index contributed by atoms with van der Waals surface area (Å²) in [4.78, 5) is 23.8. The van der Waals surface area contributed by atoms with Crippen molar-refractivity contribution in [2.75, 3.05) is 0 Å². The molecule has 0 bridgehead atoms. The van der Waals surface area contributed by atoms with Gasteiger partial charge in [0.2, 0.25) is 5.78 Å². The van der Waals surface area contributed by atoms with Crippen molar-refractivity contribution >= 4 is 11.8 Å². The highest BCUT2D eigenvalue weighted by atomic mass is 19.4. The van der Waals surface area contributed by atoms with Crippen LogP contribution in [0.25, 0.3) is 0 Å². The number of alkyl halides is 5. The number of ketones is 1. The van der Waals surface area contributed by atoms with E-state index in [9.17, 15) is 31.5 Å². The molecule has 0 unspecified atom stereocenters. The molecule has 0 aliphatic carbocycles. The summed E-state index contributed by atoms with van der Waals surface area (Å²) in [6.45, 7) is 0. The fraction of sp³-hybridized carbons (Fsp3) is 0.176. The Morgan fingerprint density at radius 2 is 1.52 bits per heavy atom. The third kappa shape index (κ3) is 2.88. The summed E-state index contributed by atoms with van der Waals surface area (Å²) in [6, 6.07) is 7.80. The fourth-order valence-electron chi connectivity index (χ4n) is 2.54. The first-order valence-electron chi connectivity index (χ1n) is 7.02. The van der Waals surface area contributed by atoms with Crippen LogP contribution in [0.3, 0.4) is 0 Å². The minimum Gasteiger partial charge on any atom is -0.447 e. The third-order valence-electron chi connectivity index (χ3n) is 3.79. The minimum atomic E-state index is -4.65. The van der Waals surface area contributed by atoms with Crippen molar-refractivity contribution in [2.24, 2.45) is 0 Å². The summed E-state index contributed by atoms with van der Waals surface area (Å²) in [5, 5.41) is 0. The first kappa shape index (κ1) is 17.1. The minimum absolute atomic E-state index is 0.0765. The molecule has 0 spiro atoms. The van der Waals surface area contributed by atoms with E-state index >= 15 is 0 Å². The summed E-state index contributed by atoms with van der Waals surface area (Å²) < 4.78 is 71.3. The average molecular weight is 356 g/mol. The molecular weight excluding hydrogens is 347 g/mol. The summed E-state index contributed by atoms with van der Waals surface area (Å²) in [7, 11) is 0. The van der Waals surface area contributed by atoms with Crippen molar-refractivity contribution in [3.63, 3.8) is 0 Å². The van der Waals surface area contributed by atoms with Crippen molar-refractivity contribution in [1.82, 2.24) is 0 Å². The van der Waals surface area contributed by atoms with Crippen LogP contribution in [0.5, 0.6) is 0 Å². The van der Waals surface area contributed by atoms with Crippen LogP contribution < -0.4 is 0 Å². The van der Waals surface area contributed by atoms with Crippen LogP contribution in [0, 0.1) is 0 Å². The second kappa shape index (κ2) is 5.65. The van der Waals surface area contributed by atoms with E-state index in [1.165, 1.54) is 24.3 Å². The number of carbonyl (C=O) groups excluding carboxylic acids is 2. The maximum absolute atomic E-state index is 14.5. The van der Waals surface area contributed by atoms with Gasteiger partial charge in [0.25, 0.3) is 0 Å². The van der Waals surface area contributed by atoms with Gasteiger partial charge in [0.05, 0.1) is 11.1 Å². The van der Waals surface area contributed by atoms with Crippen LogP contribution >= 0.6 is 0 Å². The average Bonchev–Trinajstić information content (AvgIpc) is 2.92. The standard InChI is InChI=1S/C17H9F5O3/c18-16(19,14-11-3-1-2-4-12(11)15(24)25-14)13(23)9-5-7-10(8-6-9)17(20,21)22/h1-8,14H/t14-/m1/s1. The summed E-state index contributed by atoms with van der Waals surface area (Å²) >= 11 is 0. The quantitative estimate of drug-likeness (QED) is 0.464. The lowest BCUT2D eigenvalue weighted by molar-refractivity contribution is -0.137. The number of esters is 1. The molecule has 2 aromatic carbocycles. The molecule has 3 rings (SSSR count). The molecule has 0 amide bonds. The van der Waals surface area contributed by atoms with E-state index in [-0.39, 0.29) is 11.1 Å². The van der Waals surface area contributed by atoms with E-state index < -0.39 is 41.1 Å². The van der Waals surface area contributed by atoms with Gasteiger partial charge in [-0.1, -0.05) is 30.3 Å². The number of ether oxygens (including phenoxy) is 1. The Morgan fingerprint density at radius 1 is 0.920 bits per heavy atom. The topological polar surface area (TPSA) is 43.4 Å². The molecule has 1 aliphatic rings. The van der Waals surface area contributed by atoms with Crippen LogP contribution in [0.1, 0.15) is 37.9 Å². The molecule has 25 heavy (non-hydrogen) atoms. The van der Waals surface area contributed by atoms with Crippen LogP contribution in [0.4, 0.5) is 22.0 Å². The van der Waals surface area contributed by atoms with Crippen LogP contribution in [-0.2, 0) is 10.9 Å². The van der Waals surface area contributed by atoms with E-state index in [2.05, 4.69) is 4.74 Å². The number of halogens is 5. The predicted octanol–water partition coefficient (Wildman–Crippen LogP) is 4.44. The number of rotatable bonds is 3. The maximum Gasteiger partial charge on any atom is 0.416 e. The Kier molecular flexibility index (Phi) is 3.85. The molecule has 1 heterocycles. The van der Waals surface area contributed by atoms with Crippen molar-refractivity contribution in [3.8, 4) is 0 Å². The van der Waals surface area contributed by atoms with Gasteiger partial charge in [0.15, 0.2) is 6.10 Å². The number of fused-ring (bicyclic) bond motifs is 1. The van der Waals surface area contributed by atoms with Gasteiger partial charge in [-0.05, 0) is 18.2 Å². The van der Waals surface area contributed by atoms with Gasteiger partial charge in [-0.3, -0.25) is 4.79 Å². The lowest BCUT2D eigenvalue weighted by atomic mass is 9.94. The molecule has 130 valence electrons. The highest BCUT2D eigenvalue weighted by Crippen LogP contribution is 2.43.